The molecular weight excluding hydrogens is 134 g/mol. The summed E-state index contributed by atoms with van der Waals surface area (Å²) >= 11 is 0. The van der Waals surface area contributed by atoms with Gasteiger partial charge in [-0.3, -0.25) is 0 Å². The third-order valence-corrected chi connectivity index (χ3v) is 3.13. The number of piperidine rings is 1. The Morgan fingerprint density at radius 2 is 2.09 bits per heavy atom. The largest absolute Gasteiger partial charge is 0.306 e. The molecule has 0 unspecified atom stereocenters. The van der Waals surface area contributed by atoms with E-state index in [9.17, 15) is 0 Å². The molecule has 1 aliphatic rings. The lowest BCUT2D eigenvalue weighted by molar-refractivity contribution is 0.0696. The van der Waals surface area contributed by atoms with Crippen LogP contribution in [0.3, 0.4) is 0 Å². The molecule has 66 valence electrons. The van der Waals surface area contributed by atoms with Crippen LogP contribution >= 0.6 is 0 Å². The highest BCUT2D eigenvalue weighted by molar-refractivity contribution is 4.84. The molecule has 11 heavy (non-hydrogen) atoms. The molecule has 1 heterocycles. The molecule has 0 spiro atoms. The average Bonchev–Trinajstić information content (AvgIpc) is 1.85. The maximum Gasteiger partial charge on any atom is 0.00323 e. The van der Waals surface area contributed by atoms with Crippen molar-refractivity contribution in [2.24, 2.45) is 11.3 Å². The minimum Gasteiger partial charge on any atom is -0.306 e. The van der Waals surface area contributed by atoms with Gasteiger partial charge in [-0.15, -0.1) is 0 Å². The van der Waals surface area contributed by atoms with E-state index in [1.165, 1.54) is 25.9 Å². The molecule has 1 saturated heterocycles. The Bertz CT molecular complexity index is 129. The molecule has 0 amide bonds. The third kappa shape index (κ3) is 1.96. The number of rotatable bonds is 1. The van der Waals surface area contributed by atoms with Crippen LogP contribution < -0.4 is 0 Å². The zero-order valence-electron chi connectivity index (χ0n) is 8.35. The molecule has 0 bridgehead atoms. The highest BCUT2D eigenvalue weighted by Crippen LogP contribution is 2.35. The molecule has 1 rings (SSSR count). The molecule has 0 aromatic rings. The topological polar surface area (TPSA) is 3.24 Å². The van der Waals surface area contributed by atoms with Gasteiger partial charge in [0, 0.05) is 6.54 Å². The second-order valence-electron chi connectivity index (χ2n) is 4.62. The number of hydrogen-bond acceptors (Lipinski definition) is 1. The molecule has 1 fully saturated rings. The summed E-state index contributed by atoms with van der Waals surface area (Å²) in [5.41, 5.74) is 0.543. The Labute approximate surface area is 70.8 Å². The van der Waals surface area contributed by atoms with Gasteiger partial charge in [0.05, 0.1) is 0 Å². The zero-order chi connectivity index (χ0) is 8.48. The van der Waals surface area contributed by atoms with Crippen molar-refractivity contribution in [1.29, 1.82) is 0 Å². The fourth-order valence-electron chi connectivity index (χ4n) is 2.43. The Hall–Kier alpha value is -0.0400. The monoisotopic (exact) mass is 155 g/mol. The van der Waals surface area contributed by atoms with E-state index in [0.29, 0.717) is 5.41 Å². The molecule has 1 atom stereocenters. The van der Waals surface area contributed by atoms with Crippen LogP contribution in [0, 0.1) is 11.3 Å². The van der Waals surface area contributed by atoms with Crippen molar-refractivity contribution in [2.45, 2.75) is 33.6 Å². The van der Waals surface area contributed by atoms with Crippen LogP contribution in [-0.4, -0.2) is 25.0 Å². The Balaban J connectivity index is 2.56. The lowest BCUT2D eigenvalue weighted by Crippen LogP contribution is -2.43. The quantitative estimate of drug-likeness (QED) is 0.562. The second-order valence-corrected chi connectivity index (χ2v) is 4.62. The van der Waals surface area contributed by atoms with Crippen molar-refractivity contribution in [3.8, 4) is 0 Å². The lowest BCUT2D eigenvalue weighted by atomic mass is 9.73. The van der Waals surface area contributed by atoms with E-state index in [0.717, 1.165) is 5.92 Å². The number of likely N-dealkylation sites (tertiary alicyclic amines) is 1. The molecule has 0 aromatic carbocycles. The number of nitrogens with zero attached hydrogens (tertiary/aromatic N) is 1. The van der Waals surface area contributed by atoms with Gasteiger partial charge in [-0.05, 0) is 31.3 Å². The van der Waals surface area contributed by atoms with E-state index in [1.54, 1.807) is 0 Å². The smallest absolute Gasteiger partial charge is 0.00323 e. The third-order valence-electron chi connectivity index (χ3n) is 3.13. The predicted octanol–water partition coefficient (Wildman–Crippen LogP) is 2.37. The predicted molar refractivity (Wildman–Crippen MR) is 49.7 cm³/mol. The van der Waals surface area contributed by atoms with Crippen molar-refractivity contribution < 1.29 is 0 Å². The van der Waals surface area contributed by atoms with Crippen molar-refractivity contribution in [3.05, 3.63) is 0 Å². The maximum absolute atomic E-state index is 2.45. The zero-order valence-corrected chi connectivity index (χ0v) is 8.35. The van der Waals surface area contributed by atoms with Gasteiger partial charge in [0.25, 0.3) is 0 Å². The Morgan fingerprint density at radius 1 is 1.45 bits per heavy atom. The van der Waals surface area contributed by atoms with Gasteiger partial charge in [-0.25, -0.2) is 0 Å². The van der Waals surface area contributed by atoms with Crippen LogP contribution in [0.2, 0.25) is 0 Å². The van der Waals surface area contributed by atoms with Crippen molar-refractivity contribution >= 4 is 0 Å². The van der Waals surface area contributed by atoms with Crippen LogP contribution in [0.15, 0.2) is 0 Å². The fraction of sp³-hybridized carbons (Fsp3) is 1.00. The van der Waals surface area contributed by atoms with Crippen LogP contribution in [0.4, 0.5) is 0 Å². The molecule has 0 aliphatic carbocycles. The lowest BCUT2D eigenvalue weighted by Gasteiger charge is -2.42. The summed E-state index contributed by atoms with van der Waals surface area (Å²) in [6.07, 6.45) is 2.74. The molecule has 1 nitrogen and oxygen atoms in total. The summed E-state index contributed by atoms with van der Waals surface area (Å²) in [4.78, 5) is 2.45. The standard InChI is InChI=1S/C10H21N/c1-5-9-6-7-11(4)8-10(9,2)3/h9H,5-8H2,1-4H3/t9-/m0/s1. The van der Waals surface area contributed by atoms with Crippen molar-refractivity contribution in [2.75, 3.05) is 20.1 Å². The normalized spacial score (nSPS) is 32.2. The minimum atomic E-state index is 0.543. The summed E-state index contributed by atoms with van der Waals surface area (Å²) in [6.45, 7) is 9.68. The molecule has 0 aromatic heterocycles. The summed E-state index contributed by atoms with van der Waals surface area (Å²) in [6, 6.07) is 0. The second kappa shape index (κ2) is 3.14. The molecule has 0 saturated carbocycles. The van der Waals surface area contributed by atoms with Crippen molar-refractivity contribution in [1.82, 2.24) is 4.90 Å². The van der Waals surface area contributed by atoms with E-state index < -0.39 is 0 Å². The van der Waals surface area contributed by atoms with Gasteiger partial charge in [-0.2, -0.15) is 0 Å². The number of hydrogen-bond donors (Lipinski definition) is 0. The van der Waals surface area contributed by atoms with E-state index in [2.05, 4.69) is 32.7 Å². The van der Waals surface area contributed by atoms with E-state index in [4.69, 9.17) is 0 Å². The van der Waals surface area contributed by atoms with Crippen LogP contribution in [0.25, 0.3) is 0 Å². The maximum atomic E-state index is 2.45. The Kier molecular flexibility index (Phi) is 2.58. The fourth-order valence-corrected chi connectivity index (χ4v) is 2.43. The summed E-state index contributed by atoms with van der Waals surface area (Å²) < 4.78 is 0. The average molecular weight is 155 g/mol. The Morgan fingerprint density at radius 3 is 2.55 bits per heavy atom. The van der Waals surface area contributed by atoms with Crippen molar-refractivity contribution in [3.63, 3.8) is 0 Å². The molecular formula is C10H21N. The first kappa shape index (κ1) is 9.05. The molecule has 1 heteroatoms. The van der Waals surface area contributed by atoms with Gasteiger partial charge >= 0.3 is 0 Å². The van der Waals surface area contributed by atoms with Gasteiger partial charge in [0.15, 0.2) is 0 Å². The summed E-state index contributed by atoms with van der Waals surface area (Å²) in [5, 5.41) is 0. The first-order valence-corrected chi connectivity index (χ1v) is 4.75. The van der Waals surface area contributed by atoms with Gasteiger partial charge < -0.3 is 4.90 Å². The van der Waals surface area contributed by atoms with Gasteiger partial charge in [0.1, 0.15) is 0 Å². The molecule has 0 radical (unpaired) electrons. The van der Waals surface area contributed by atoms with Crippen LogP contribution in [-0.2, 0) is 0 Å². The molecule has 1 aliphatic heterocycles. The minimum absolute atomic E-state index is 0.543. The molecule has 0 N–H and O–H groups in total. The van der Waals surface area contributed by atoms with E-state index >= 15 is 0 Å². The highest BCUT2D eigenvalue weighted by atomic mass is 15.1. The first-order chi connectivity index (χ1) is 5.06. The van der Waals surface area contributed by atoms with Crippen LogP contribution in [0.5, 0.6) is 0 Å². The highest BCUT2D eigenvalue weighted by Gasteiger charge is 2.32. The van der Waals surface area contributed by atoms with Crippen LogP contribution in [0.1, 0.15) is 33.6 Å². The van der Waals surface area contributed by atoms with Gasteiger partial charge in [0.2, 0.25) is 0 Å². The summed E-state index contributed by atoms with van der Waals surface area (Å²) in [5.74, 6) is 0.943. The summed E-state index contributed by atoms with van der Waals surface area (Å²) in [7, 11) is 2.23. The van der Waals surface area contributed by atoms with E-state index in [-0.39, 0.29) is 0 Å². The SMILES string of the molecule is CC[C@H]1CCN(C)CC1(C)C. The van der Waals surface area contributed by atoms with Gasteiger partial charge in [-0.1, -0.05) is 27.2 Å². The van der Waals surface area contributed by atoms with E-state index in [1.807, 2.05) is 0 Å². The first-order valence-electron chi connectivity index (χ1n) is 4.75.